The topological polar surface area (TPSA) is 64.4 Å². The fourth-order valence-electron chi connectivity index (χ4n) is 1.97. The Balaban J connectivity index is 2.47. The van der Waals surface area contributed by atoms with Crippen LogP contribution in [0.4, 0.5) is 0 Å². The predicted octanol–water partition coefficient (Wildman–Crippen LogP) is 0.486. The van der Waals surface area contributed by atoms with E-state index < -0.39 is 15.6 Å². The van der Waals surface area contributed by atoms with Gasteiger partial charge in [-0.15, -0.1) is 0 Å². The Bertz CT molecular complexity index is 533. The van der Waals surface area contributed by atoms with E-state index in [1.165, 1.54) is 15.2 Å². The number of nitrogens with zero attached hydrogens (tertiary/aromatic N) is 3. The minimum absolute atomic E-state index is 0.101. The molecule has 0 saturated carbocycles. The van der Waals surface area contributed by atoms with E-state index in [2.05, 4.69) is 5.10 Å². The van der Waals surface area contributed by atoms with Crippen LogP contribution in [0, 0.1) is 6.92 Å². The second-order valence-corrected chi connectivity index (χ2v) is 6.73. The zero-order valence-corrected chi connectivity index (χ0v) is 11.3. The van der Waals surface area contributed by atoms with Gasteiger partial charge in [-0.3, -0.25) is 4.68 Å². The highest BCUT2D eigenvalue weighted by atomic mass is 32.2. The summed E-state index contributed by atoms with van der Waals surface area (Å²) in [6, 6.07) is 0. The molecule has 6 nitrogen and oxygen atoms in total. The summed E-state index contributed by atoms with van der Waals surface area (Å²) in [5.74, 6) is 0. The second kappa shape index (κ2) is 3.79. The molecule has 17 heavy (non-hydrogen) atoms. The van der Waals surface area contributed by atoms with E-state index in [0.29, 0.717) is 12.3 Å². The molecule has 0 aliphatic carbocycles. The first-order valence-electron chi connectivity index (χ1n) is 5.36. The van der Waals surface area contributed by atoms with E-state index in [1.54, 1.807) is 14.0 Å². The van der Waals surface area contributed by atoms with Crippen molar-refractivity contribution >= 4 is 10.0 Å². The highest BCUT2D eigenvalue weighted by Crippen LogP contribution is 2.30. The van der Waals surface area contributed by atoms with E-state index in [4.69, 9.17) is 4.74 Å². The molecule has 1 fully saturated rings. The lowest BCUT2D eigenvalue weighted by Crippen LogP contribution is -2.44. The van der Waals surface area contributed by atoms with Crippen molar-refractivity contribution in [3.63, 3.8) is 0 Å². The van der Waals surface area contributed by atoms with Gasteiger partial charge in [0.2, 0.25) is 10.0 Å². The van der Waals surface area contributed by atoms with Gasteiger partial charge in [0.15, 0.2) is 0 Å². The maximum Gasteiger partial charge on any atom is 0.248 e. The first-order valence-corrected chi connectivity index (χ1v) is 6.80. The van der Waals surface area contributed by atoms with Gasteiger partial charge in [0.1, 0.15) is 11.6 Å². The Hall–Kier alpha value is -0.920. The largest absolute Gasteiger partial charge is 0.363 e. The summed E-state index contributed by atoms with van der Waals surface area (Å²) in [5.41, 5.74) is -0.00334. The van der Waals surface area contributed by atoms with Gasteiger partial charge in [-0.1, -0.05) is 0 Å². The zero-order valence-electron chi connectivity index (χ0n) is 10.5. The van der Waals surface area contributed by atoms with E-state index >= 15 is 0 Å². The first-order chi connectivity index (χ1) is 7.75. The van der Waals surface area contributed by atoms with Crippen LogP contribution in [0.3, 0.4) is 0 Å². The summed E-state index contributed by atoms with van der Waals surface area (Å²) in [6.07, 6.45) is 1.53. The van der Waals surface area contributed by atoms with E-state index in [0.717, 1.165) is 0 Å². The monoisotopic (exact) mass is 259 g/mol. The van der Waals surface area contributed by atoms with E-state index in [-0.39, 0.29) is 11.6 Å². The summed E-state index contributed by atoms with van der Waals surface area (Å²) >= 11 is 0. The Kier molecular flexibility index (Phi) is 2.80. The highest BCUT2D eigenvalue weighted by molar-refractivity contribution is 7.89. The van der Waals surface area contributed by atoms with Gasteiger partial charge in [0.05, 0.1) is 17.8 Å². The number of ether oxygens (including phenoxy) is 1. The molecule has 0 unspecified atom stereocenters. The minimum Gasteiger partial charge on any atom is -0.363 e. The zero-order chi connectivity index (χ0) is 12.8. The molecule has 1 aliphatic rings. The van der Waals surface area contributed by atoms with Crippen molar-refractivity contribution in [1.29, 1.82) is 0 Å². The van der Waals surface area contributed by atoms with Gasteiger partial charge in [0.25, 0.3) is 0 Å². The van der Waals surface area contributed by atoms with Crippen LogP contribution in [0.2, 0.25) is 0 Å². The van der Waals surface area contributed by atoms with Crippen molar-refractivity contribution in [2.75, 3.05) is 13.3 Å². The van der Waals surface area contributed by atoms with Crippen molar-refractivity contribution in [1.82, 2.24) is 14.1 Å². The lowest BCUT2D eigenvalue weighted by Gasteiger charge is -2.27. The molecule has 1 saturated heterocycles. The normalized spacial score (nSPS) is 20.9. The number of aryl methyl sites for hydroxylation is 2. The SMILES string of the molecule is Cc1nn(C)cc1S(=O)(=O)N1COCC1(C)C. The molecule has 2 heterocycles. The van der Waals surface area contributed by atoms with Crippen LogP contribution in [0.25, 0.3) is 0 Å². The molecule has 1 aromatic rings. The molecule has 0 atom stereocenters. The predicted molar refractivity (Wildman–Crippen MR) is 61.9 cm³/mol. The summed E-state index contributed by atoms with van der Waals surface area (Å²) in [6.45, 7) is 5.90. The number of hydrogen-bond donors (Lipinski definition) is 0. The fourth-order valence-corrected chi connectivity index (χ4v) is 3.82. The molecule has 96 valence electrons. The smallest absolute Gasteiger partial charge is 0.248 e. The van der Waals surface area contributed by atoms with Gasteiger partial charge in [0, 0.05) is 13.2 Å². The molecule has 1 aromatic heterocycles. The molecular weight excluding hydrogens is 242 g/mol. The Morgan fingerprint density at radius 2 is 2.12 bits per heavy atom. The van der Waals surface area contributed by atoms with Gasteiger partial charge >= 0.3 is 0 Å². The Morgan fingerprint density at radius 1 is 1.47 bits per heavy atom. The summed E-state index contributed by atoms with van der Waals surface area (Å²) in [7, 11) is -1.83. The van der Waals surface area contributed by atoms with Crippen molar-refractivity contribution < 1.29 is 13.2 Å². The maximum absolute atomic E-state index is 12.5. The molecule has 0 amide bonds. The summed E-state index contributed by atoms with van der Waals surface area (Å²) in [5, 5.41) is 4.07. The Morgan fingerprint density at radius 3 is 2.53 bits per heavy atom. The van der Waals surface area contributed by atoms with Gasteiger partial charge in [-0.25, -0.2) is 8.42 Å². The van der Waals surface area contributed by atoms with Crippen LogP contribution in [-0.4, -0.2) is 41.4 Å². The van der Waals surface area contributed by atoms with Gasteiger partial charge in [-0.2, -0.15) is 9.40 Å². The van der Waals surface area contributed by atoms with E-state index in [1.807, 2.05) is 13.8 Å². The molecule has 1 aliphatic heterocycles. The number of aromatic nitrogens is 2. The number of hydrogen-bond acceptors (Lipinski definition) is 4. The van der Waals surface area contributed by atoms with Crippen LogP contribution < -0.4 is 0 Å². The number of sulfonamides is 1. The van der Waals surface area contributed by atoms with Crippen molar-refractivity contribution in [2.45, 2.75) is 31.2 Å². The molecule has 7 heteroatoms. The first kappa shape index (κ1) is 12.5. The molecule has 0 radical (unpaired) electrons. The maximum atomic E-state index is 12.5. The molecule has 2 rings (SSSR count). The third kappa shape index (κ3) is 1.98. The molecular formula is C10H17N3O3S. The highest BCUT2D eigenvalue weighted by Gasteiger charge is 2.43. The van der Waals surface area contributed by atoms with Crippen molar-refractivity contribution in [3.8, 4) is 0 Å². The average Bonchev–Trinajstić information content (AvgIpc) is 2.69. The standard InChI is InChI=1S/C10H17N3O3S/c1-8-9(5-12(4)11-8)17(14,15)13-7-16-6-10(13,2)3/h5H,6-7H2,1-4H3. The second-order valence-electron chi connectivity index (χ2n) is 4.90. The summed E-state index contributed by atoms with van der Waals surface area (Å²) in [4.78, 5) is 0.249. The lowest BCUT2D eigenvalue weighted by molar-refractivity contribution is 0.171. The van der Waals surface area contributed by atoms with Gasteiger partial charge in [-0.05, 0) is 20.8 Å². The molecule has 0 spiro atoms. The minimum atomic E-state index is -3.53. The molecule has 0 N–H and O–H groups in total. The average molecular weight is 259 g/mol. The summed E-state index contributed by atoms with van der Waals surface area (Å²) < 4.78 is 33.1. The van der Waals surface area contributed by atoms with Crippen molar-refractivity contribution in [3.05, 3.63) is 11.9 Å². The third-order valence-electron chi connectivity index (χ3n) is 2.88. The van der Waals surface area contributed by atoms with E-state index in [9.17, 15) is 8.42 Å². The van der Waals surface area contributed by atoms with Crippen LogP contribution in [0.15, 0.2) is 11.1 Å². The van der Waals surface area contributed by atoms with Gasteiger partial charge < -0.3 is 4.74 Å². The Labute approximate surface area is 101 Å². The van der Waals surface area contributed by atoms with Crippen LogP contribution in [0.5, 0.6) is 0 Å². The fraction of sp³-hybridized carbons (Fsp3) is 0.700. The molecule has 0 bridgehead atoms. The van der Waals surface area contributed by atoms with Crippen LogP contribution in [0.1, 0.15) is 19.5 Å². The quantitative estimate of drug-likeness (QED) is 0.775. The third-order valence-corrected chi connectivity index (χ3v) is 5.01. The van der Waals surface area contributed by atoms with Crippen LogP contribution in [-0.2, 0) is 21.8 Å². The lowest BCUT2D eigenvalue weighted by atomic mass is 10.1. The van der Waals surface area contributed by atoms with Crippen LogP contribution >= 0.6 is 0 Å². The van der Waals surface area contributed by atoms with Crippen molar-refractivity contribution in [2.24, 2.45) is 7.05 Å². The molecule has 0 aromatic carbocycles. The number of rotatable bonds is 2.